The van der Waals surface area contributed by atoms with Crippen LogP contribution in [0.15, 0.2) is 12.1 Å². The highest BCUT2D eigenvalue weighted by Crippen LogP contribution is 2.78. The molecule has 2 spiro atoms. The number of hydrogen-bond donors (Lipinski definition) is 2. The van der Waals surface area contributed by atoms with Crippen molar-refractivity contribution in [2.24, 2.45) is 22.7 Å². The van der Waals surface area contributed by atoms with E-state index in [9.17, 15) is 10.2 Å². The molecule has 1 aromatic carbocycles. The van der Waals surface area contributed by atoms with Crippen molar-refractivity contribution in [1.29, 1.82) is 0 Å². The molecule has 5 fully saturated rings. The molecule has 0 unspecified atom stereocenters. The molecule has 1 aromatic rings. The molecule has 1 saturated heterocycles. The van der Waals surface area contributed by atoms with Crippen LogP contribution < -0.4 is 4.74 Å². The Bertz CT molecular complexity index is 1150. The fourth-order valence-corrected chi connectivity index (χ4v) is 9.41. The Hall–Kier alpha value is -1.30. The van der Waals surface area contributed by atoms with Crippen molar-refractivity contribution >= 4 is 0 Å². The zero-order valence-electron chi connectivity index (χ0n) is 24.0. The van der Waals surface area contributed by atoms with Crippen LogP contribution in [0.25, 0.3) is 0 Å². The van der Waals surface area contributed by atoms with E-state index in [4.69, 9.17) is 13.6 Å². The van der Waals surface area contributed by atoms with Crippen molar-refractivity contribution in [3.8, 4) is 11.5 Å². The van der Waals surface area contributed by atoms with Crippen LogP contribution in [0.4, 0.5) is 0 Å². The van der Waals surface area contributed by atoms with Crippen LogP contribution in [0.3, 0.4) is 0 Å². The second-order valence-corrected chi connectivity index (χ2v) is 13.4. The average molecular weight is 471 g/mol. The molecule has 2 N–H and O–H groups in total. The number of aliphatic hydroxyl groups is 1. The predicted octanol–water partition coefficient (Wildman–Crippen LogP) is 4.41. The van der Waals surface area contributed by atoms with Gasteiger partial charge < -0.3 is 19.7 Å². The number of methoxy groups -OCH3 is 1. The van der Waals surface area contributed by atoms with Crippen molar-refractivity contribution < 1.29 is 23.8 Å². The molecule has 4 saturated carbocycles. The van der Waals surface area contributed by atoms with Crippen molar-refractivity contribution in [2.45, 2.75) is 101 Å². The minimum absolute atomic E-state index is 0.153. The number of aromatic hydroxyl groups is 1. The van der Waals surface area contributed by atoms with E-state index in [1.165, 1.54) is 18.4 Å². The quantitative estimate of drug-likeness (QED) is 0.682. The molecule has 2 aliphatic heterocycles. The third-order valence-electron chi connectivity index (χ3n) is 11.3. The van der Waals surface area contributed by atoms with Crippen LogP contribution in [0, 0.1) is 22.7 Å². The molecule has 5 heteroatoms. The van der Waals surface area contributed by atoms with Crippen molar-refractivity contribution in [3.63, 3.8) is 0 Å². The van der Waals surface area contributed by atoms with Gasteiger partial charge in [0.15, 0.2) is 11.5 Å². The lowest BCUT2D eigenvalue weighted by molar-refractivity contribution is -0.312. The summed E-state index contributed by atoms with van der Waals surface area (Å²) in [6, 6.07) is 4.10. The fourth-order valence-electron chi connectivity index (χ4n) is 9.41. The number of nitrogens with zero attached hydrogens (tertiary/aromatic N) is 1. The molecule has 8 rings (SSSR count). The van der Waals surface area contributed by atoms with E-state index in [1.807, 2.05) is 20.8 Å². The number of fused-ring (bicyclic) bond motifs is 2. The normalized spacial score (nSPS) is 45.6. The molecule has 0 aromatic heterocycles. The number of phenols is 1. The highest BCUT2D eigenvalue weighted by molar-refractivity contribution is 5.63. The van der Waals surface area contributed by atoms with E-state index in [-0.39, 0.29) is 22.6 Å². The van der Waals surface area contributed by atoms with Gasteiger partial charge in [-0.1, -0.05) is 26.8 Å². The molecule has 0 amide bonds. The summed E-state index contributed by atoms with van der Waals surface area (Å²) in [5.74, 6) is 0.845. The average Bonchev–Trinajstić information content (AvgIpc) is 3.57. The van der Waals surface area contributed by atoms with Crippen LogP contribution >= 0.6 is 0 Å². The first kappa shape index (κ1) is 18.9. The second kappa shape index (κ2) is 6.33. The van der Waals surface area contributed by atoms with Gasteiger partial charge in [-0.25, -0.2) is 0 Å². The number of piperidine rings is 1. The molecule has 7 aliphatic rings. The predicted molar refractivity (Wildman–Crippen MR) is 130 cm³/mol. The van der Waals surface area contributed by atoms with Crippen LogP contribution in [-0.4, -0.2) is 58.7 Å². The molecular weight excluding hydrogens is 426 g/mol. The summed E-state index contributed by atoms with van der Waals surface area (Å²) in [6.45, 7) is 5.00. The number of ether oxygens (including phenoxy) is 2. The summed E-state index contributed by atoms with van der Waals surface area (Å²) >= 11 is 0. The lowest BCUT2D eigenvalue weighted by Crippen LogP contribution is -2.83. The van der Waals surface area contributed by atoms with Crippen molar-refractivity contribution in [3.05, 3.63) is 23.3 Å². The minimum Gasteiger partial charge on any atom is -0.504 e. The monoisotopic (exact) mass is 470 g/mol. The SMILES string of the molecule is [2H]C([2H])([2H])[C@](O)([C@H]1C[C@@]23CC[C@]1(OC)[C@@H]1Oc4c(O)ccc5c4[C@@]12CCN(CC1CC1)[C@@H]3C5)C(C)(C)C. The third kappa shape index (κ3) is 2.25. The highest BCUT2D eigenvalue weighted by Gasteiger charge is 2.82. The third-order valence-corrected chi connectivity index (χ3v) is 11.3. The Balaban J connectivity index is 1.49. The largest absolute Gasteiger partial charge is 0.504 e. The Morgan fingerprint density at radius 3 is 2.71 bits per heavy atom. The lowest BCUT2D eigenvalue weighted by atomic mass is 9.33. The standard InChI is InChI=1S/C29H41NO4/c1-25(2,3)26(4,32)20-15-27-10-11-29(20,33-5)24-28(27)12-13-30(16-17-6-7-17)21(27)14-18-8-9-19(31)23(34-24)22(18)28/h8-9,17,20-21,24,31-32H,6-7,10-16H2,1-5H3/t20-,21-,24-,26+,27-,28+,29-/m1/s1/i4D3. The molecule has 5 aliphatic carbocycles. The van der Waals surface area contributed by atoms with E-state index >= 15 is 0 Å². The number of phenolic OH excluding ortho intramolecular Hbond substituents is 1. The summed E-state index contributed by atoms with van der Waals surface area (Å²) < 4.78 is 39.2. The van der Waals surface area contributed by atoms with E-state index < -0.39 is 35.5 Å². The molecular formula is C29H41NO4. The zero-order chi connectivity index (χ0) is 26.4. The van der Waals surface area contributed by atoms with Crippen LogP contribution in [0.5, 0.6) is 11.5 Å². The van der Waals surface area contributed by atoms with Gasteiger partial charge in [-0.3, -0.25) is 4.90 Å². The molecule has 2 heterocycles. The Kier molecular flexibility index (Phi) is 3.52. The fraction of sp³-hybridized carbons (Fsp3) is 0.793. The van der Waals surface area contributed by atoms with Gasteiger partial charge in [0, 0.05) is 46.1 Å². The summed E-state index contributed by atoms with van der Waals surface area (Å²) in [6.07, 6.45) is 6.08. The number of rotatable bonds is 4. The zero-order valence-corrected chi connectivity index (χ0v) is 21.0. The van der Waals surface area contributed by atoms with E-state index in [0.29, 0.717) is 18.6 Å². The summed E-state index contributed by atoms with van der Waals surface area (Å²) in [4.78, 5) is 2.70. The van der Waals surface area contributed by atoms with Gasteiger partial charge in [0.1, 0.15) is 11.7 Å². The Morgan fingerprint density at radius 2 is 2.03 bits per heavy atom. The van der Waals surface area contributed by atoms with Gasteiger partial charge in [-0.2, -0.15) is 0 Å². The van der Waals surface area contributed by atoms with Gasteiger partial charge in [-0.05, 0) is 81.3 Å². The summed E-state index contributed by atoms with van der Waals surface area (Å²) in [5.41, 5.74) is -2.05. The van der Waals surface area contributed by atoms with Crippen LogP contribution in [-0.2, 0) is 16.6 Å². The van der Waals surface area contributed by atoms with Crippen LogP contribution in [0.2, 0.25) is 0 Å². The van der Waals surface area contributed by atoms with Gasteiger partial charge in [0.05, 0.1) is 5.60 Å². The molecule has 5 nitrogen and oxygen atoms in total. The van der Waals surface area contributed by atoms with Crippen LogP contribution in [0.1, 0.15) is 81.4 Å². The first-order valence-corrected chi connectivity index (χ1v) is 13.3. The number of benzene rings is 1. The Morgan fingerprint density at radius 1 is 1.24 bits per heavy atom. The Labute approximate surface area is 208 Å². The highest BCUT2D eigenvalue weighted by atomic mass is 16.6. The first-order chi connectivity index (χ1) is 17.3. The van der Waals surface area contributed by atoms with Gasteiger partial charge in [0.25, 0.3) is 0 Å². The lowest BCUT2D eigenvalue weighted by Gasteiger charge is -2.75. The number of hydrogen-bond acceptors (Lipinski definition) is 5. The molecule has 4 bridgehead atoms. The maximum atomic E-state index is 12.5. The van der Waals surface area contributed by atoms with Crippen molar-refractivity contribution in [2.75, 3.05) is 20.2 Å². The topological polar surface area (TPSA) is 62.2 Å². The van der Waals surface area contributed by atoms with Gasteiger partial charge >= 0.3 is 0 Å². The minimum atomic E-state index is -2.60. The summed E-state index contributed by atoms with van der Waals surface area (Å²) in [5, 5.41) is 23.5. The smallest absolute Gasteiger partial charge is 0.165 e. The molecule has 0 radical (unpaired) electrons. The van der Waals surface area contributed by atoms with Gasteiger partial charge in [0.2, 0.25) is 0 Å². The first-order valence-electron chi connectivity index (χ1n) is 14.8. The summed E-state index contributed by atoms with van der Waals surface area (Å²) in [7, 11) is 1.67. The maximum absolute atomic E-state index is 12.5. The second-order valence-electron chi connectivity index (χ2n) is 13.4. The molecule has 186 valence electrons. The van der Waals surface area contributed by atoms with Gasteiger partial charge in [-0.15, -0.1) is 0 Å². The maximum Gasteiger partial charge on any atom is 0.165 e. The molecule has 7 atom stereocenters. The van der Waals surface area contributed by atoms with E-state index in [2.05, 4.69) is 11.0 Å². The number of likely N-dealkylation sites (tertiary alicyclic amines) is 1. The van der Waals surface area contributed by atoms with E-state index in [1.54, 1.807) is 13.2 Å². The molecule has 34 heavy (non-hydrogen) atoms. The van der Waals surface area contributed by atoms with E-state index in [0.717, 1.165) is 43.8 Å². The van der Waals surface area contributed by atoms with Crippen molar-refractivity contribution in [1.82, 2.24) is 4.90 Å².